The Labute approximate surface area is 162 Å². The number of hydrogen-bond donors (Lipinski definition) is 2. The van der Waals surface area contributed by atoms with Crippen LogP contribution >= 0.6 is 0 Å². The van der Waals surface area contributed by atoms with E-state index in [0.717, 1.165) is 31.2 Å². The van der Waals surface area contributed by atoms with Crippen LogP contribution in [0.1, 0.15) is 38.7 Å². The molecule has 2 aromatic carbocycles. The molecule has 0 radical (unpaired) electrons. The SMILES string of the molecule is CCCCNS(=O)(=O)c1cccc(NS(=O)(=O)c2ccc(CCC)cc2)c1. The van der Waals surface area contributed by atoms with Gasteiger partial charge in [-0.25, -0.2) is 21.6 Å². The minimum absolute atomic E-state index is 0.0251. The molecular weight excluding hydrogens is 384 g/mol. The van der Waals surface area contributed by atoms with Crippen molar-refractivity contribution in [3.05, 3.63) is 54.1 Å². The van der Waals surface area contributed by atoms with Crippen LogP contribution in [-0.2, 0) is 26.5 Å². The lowest BCUT2D eigenvalue weighted by Gasteiger charge is -2.11. The Kier molecular flexibility index (Phi) is 7.41. The van der Waals surface area contributed by atoms with Crippen LogP contribution in [0.3, 0.4) is 0 Å². The van der Waals surface area contributed by atoms with E-state index in [2.05, 4.69) is 16.4 Å². The monoisotopic (exact) mass is 410 g/mol. The van der Waals surface area contributed by atoms with E-state index in [-0.39, 0.29) is 15.5 Å². The second-order valence-electron chi connectivity index (χ2n) is 6.28. The van der Waals surface area contributed by atoms with Crippen molar-refractivity contribution in [3.63, 3.8) is 0 Å². The third-order valence-corrected chi connectivity index (χ3v) is 6.85. The highest BCUT2D eigenvalue weighted by Crippen LogP contribution is 2.20. The van der Waals surface area contributed by atoms with Crippen molar-refractivity contribution >= 4 is 25.7 Å². The molecule has 27 heavy (non-hydrogen) atoms. The van der Waals surface area contributed by atoms with Gasteiger partial charge in [0.2, 0.25) is 10.0 Å². The van der Waals surface area contributed by atoms with Gasteiger partial charge in [0.15, 0.2) is 0 Å². The normalized spacial score (nSPS) is 12.1. The molecule has 0 aliphatic heterocycles. The van der Waals surface area contributed by atoms with E-state index < -0.39 is 20.0 Å². The molecule has 0 aliphatic carbocycles. The van der Waals surface area contributed by atoms with Gasteiger partial charge >= 0.3 is 0 Å². The molecule has 0 fully saturated rings. The summed E-state index contributed by atoms with van der Waals surface area (Å²) in [5.74, 6) is 0. The summed E-state index contributed by atoms with van der Waals surface area (Å²) in [6.07, 6.45) is 3.48. The number of unbranched alkanes of at least 4 members (excludes halogenated alkanes) is 1. The van der Waals surface area contributed by atoms with E-state index in [1.165, 1.54) is 24.3 Å². The Bertz CT molecular complexity index is 953. The summed E-state index contributed by atoms with van der Waals surface area (Å²) in [7, 11) is -7.47. The van der Waals surface area contributed by atoms with Gasteiger partial charge in [0.05, 0.1) is 15.5 Å². The lowest BCUT2D eigenvalue weighted by atomic mass is 10.1. The van der Waals surface area contributed by atoms with Gasteiger partial charge in [0.1, 0.15) is 0 Å². The van der Waals surface area contributed by atoms with Gasteiger partial charge in [-0.2, -0.15) is 0 Å². The number of nitrogens with one attached hydrogen (secondary N) is 2. The minimum atomic E-state index is -3.79. The molecule has 0 aromatic heterocycles. The Morgan fingerprint density at radius 2 is 1.52 bits per heavy atom. The van der Waals surface area contributed by atoms with Crippen LogP contribution in [0, 0.1) is 0 Å². The molecule has 8 heteroatoms. The minimum Gasteiger partial charge on any atom is -0.280 e. The first-order valence-electron chi connectivity index (χ1n) is 9.00. The van der Waals surface area contributed by atoms with Crippen LogP contribution in [-0.4, -0.2) is 23.4 Å². The largest absolute Gasteiger partial charge is 0.280 e. The molecule has 148 valence electrons. The maximum absolute atomic E-state index is 12.6. The van der Waals surface area contributed by atoms with E-state index in [4.69, 9.17) is 0 Å². The summed E-state index contributed by atoms with van der Waals surface area (Å²) < 4.78 is 54.7. The number of anilines is 1. The predicted octanol–water partition coefficient (Wildman–Crippen LogP) is 3.52. The molecule has 2 N–H and O–H groups in total. The third kappa shape index (κ3) is 6.05. The molecule has 6 nitrogen and oxygen atoms in total. The fraction of sp³-hybridized carbons (Fsp3) is 0.368. The van der Waals surface area contributed by atoms with Crippen LogP contribution < -0.4 is 9.44 Å². The van der Waals surface area contributed by atoms with E-state index in [0.29, 0.717) is 6.54 Å². The summed E-state index contributed by atoms with van der Waals surface area (Å²) in [5.41, 5.74) is 1.27. The van der Waals surface area contributed by atoms with Gasteiger partial charge in [-0.05, 0) is 48.7 Å². The standard InChI is InChI=1S/C19H26N2O4S2/c1-3-5-14-20-26(22,23)19-9-6-8-17(15-19)21-27(24,25)18-12-10-16(7-4-2)11-13-18/h6,8-13,15,20-21H,3-5,7,14H2,1-2H3. The quantitative estimate of drug-likeness (QED) is 0.586. The summed E-state index contributed by atoms with van der Waals surface area (Å²) in [5, 5.41) is 0. The first kappa shape index (κ1) is 21.4. The second-order valence-corrected chi connectivity index (χ2v) is 9.73. The molecule has 0 amide bonds. The Hall–Kier alpha value is -1.90. The first-order valence-corrected chi connectivity index (χ1v) is 12.0. The van der Waals surface area contributed by atoms with Crippen molar-refractivity contribution in [1.82, 2.24) is 4.72 Å². The van der Waals surface area contributed by atoms with Crippen molar-refractivity contribution in [2.45, 2.75) is 49.3 Å². The van der Waals surface area contributed by atoms with Gasteiger partial charge in [-0.3, -0.25) is 4.72 Å². The predicted molar refractivity (Wildman–Crippen MR) is 108 cm³/mol. The van der Waals surface area contributed by atoms with Gasteiger partial charge in [-0.15, -0.1) is 0 Å². The van der Waals surface area contributed by atoms with E-state index >= 15 is 0 Å². The first-order chi connectivity index (χ1) is 12.8. The highest BCUT2D eigenvalue weighted by atomic mass is 32.2. The van der Waals surface area contributed by atoms with Gasteiger partial charge in [0.25, 0.3) is 10.0 Å². The Morgan fingerprint density at radius 3 is 2.15 bits per heavy atom. The van der Waals surface area contributed by atoms with E-state index in [1.54, 1.807) is 24.3 Å². The zero-order chi connectivity index (χ0) is 19.9. The van der Waals surface area contributed by atoms with Crippen LogP contribution in [0.25, 0.3) is 0 Å². The molecule has 0 atom stereocenters. The van der Waals surface area contributed by atoms with Crippen molar-refractivity contribution in [1.29, 1.82) is 0 Å². The molecule has 2 rings (SSSR count). The van der Waals surface area contributed by atoms with Crippen molar-refractivity contribution in [3.8, 4) is 0 Å². The third-order valence-electron chi connectivity index (χ3n) is 3.99. The summed E-state index contributed by atoms with van der Waals surface area (Å²) in [6, 6.07) is 12.5. The fourth-order valence-electron chi connectivity index (χ4n) is 2.53. The Balaban J connectivity index is 2.19. The van der Waals surface area contributed by atoms with Gasteiger partial charge in [0, 0.05) is 6.54 Å². The molecule has 0 unspecified atom stereocenters. The van der Waals surface area contributed by atoms with Crippen LogP contribution in [0.5, 0.6) is 0 Å². The number of benzene rings is 2. The maximum Gasteiger partial charge on any atom is 0.261 e. The van der Waals surface area contributed by atoms with Crippen LogP contribution in [0.2, 0.25) is 0 Å². The van der Waals surface area contributed by atoms with E-state index in [1.807, 2.05) is 6.92 Å². The zero-order valence-corrected chi connectivity index (χ0v) is 17.2. The molecule has 0 aliphatic rings. The lowest BCUT2D eigenvalue weighted by molar-refractivity contribution is 0.578. The van der Waals surface area contributed by atoms with Gasteiger partial charge < -0.3 is 0 Å². The number of hydrogen-bond acceptors (Lipinski definition) is 4. The lowest BCUT2D eigenvalue weighted by Crippen LogP contribution is -2.24. The number of rotatable bonds is 10. The summed E-state index contributed by atoms with van der Waals surface area (Å²) in [6.45, 7) is 4.38. The van der Waals surface area contributed by atoms with Crippen LogP contribution in [0.4, 0.5) is 5.69 Å². The smallest absolute Gasteiger partial charge is 0.261 e. The zero-order valence-electron chi connectivity index (χ0n) is 15.6. The molecule has 0 spiro atoms. The van der Waals surface area contributed by atoms with Crippen molar-refractivity contribution in [2.24, 2.45) is 0 Å². The maximum atomic E-state index is 12.6. The second kappa shape index (κ2) is 9.34. The van der Waals surface area contributed by atoms with Crippen molar-refractivity contribution in [2.75, 3.05) is 11.3 Å². The average molecular weight is 411 g/mol. The molecule has 0 saturated carbocycles. The molecule has 0 heterocycles. The van der Waals surface area contributed by atoms with Crippen LogP contribution in [0.15, 0.2) is 58.3 Å². The fourth-order valence-corrected chi connectivity index (χ4v) is 4.70. The summed E-state index contributed by atoms with van der Waals surface area (Å²) >= 11 is 0. The average Bonchev–Trinajstić information content (AvgIpc) is 2.62. The highest BCUT2D eigenvalue weighted by Gasteiger charge is 2.17. The number of sulfonamides is 2. The Morgan fingerprint density at radius 1 is 0.815 bits per heavy atom. The van der Waals surface area contributed by atoms with Gasteiger partial charge in [-0.1, -0.05) is 44.9 Å². The number of aryl methyl sites for hydroxylation is 1. The molecule has 0 saturated heterocycles. The van der Waals surface area contributed by atoms with Crippen molar-refractivity contribution < 1.29 is 16.8 Å². The highest BCUT2D eigenvalue weighted by molar-refractivity contribution is 7.92. The molecule has 2 aromatic rings. The molecule has 0 bridgehead atoms. The topological polar surface area (TPSA) is 92.3 Å². The van der Waals surface area contributed by atoms with E-state index in [9.17, 15) is 16.8 Å². The molecular formula is C19H26N2O4S2. The summed E-state index contributed by atoms with van der Waals surface area (Å²) in [4.78, 5) is 0.161.